The van der Waals surface area contributed by atoms with Crippen molar-refractivity contribution in [2.24, 2.45) is 11.7 Å². The lowest BCUT2D eigenvalue weighted by atomic mass is 9.91. The van der Waals surface area contributed by atoms with E-state index < -0.39 is 23.4 Å². The van der Waals surface area contributed by atoms with Crippen LogP contribution < -0.4 is 5.73 Å². The van der Waals surface area contributed by atoms with Gasteiger partial charge in [0, 0.05) is 46.5 Å². The smallest absolute Gasteiger partial charge is 0.254 e. The largest absolute Gasteiger partial charge is 0.338 e. The summed E-state index contributed by atoms with van der Waals surface area (Å²) in [4.78, 5) is 25.6. The van der Waals surface area contributed by atoms with Crippen LogP contribution in [-0.2, 0) is 11.2 Å². The van der Waals surface area contributed by atoms with Gasteiger partial charge in [-0.2, -0.15) is 0 Å². The Labute approximate surface area is 174 Å². The molecule has 0 spiro atoms. The van der Waals surface area contributed by atoms with Gasteiger partial charge in [-0.05, 0) is 52.4 Å². The summed E-state index contributed by atoms with van der Waals surface area (Å²) >= 11 is 1.95. The summed E-state index contributed by atoms with van der Waals surface area (Å²) in [6.07, 6.45) is 0.0507. The van der Waals surface area contributed by atoms with Crippen LogP contribution in [0.2, 0.25) is 0 Å². The fraction of sp³-hybridized carbons (Fsp3) is 0.300. The monoisotopic (exact) mass is 502 g/mol. The number of amides is 1. The molecule has 2 N–H and O–H groups in total. The second kappa shape index (κ2) is 8.60. The molecule has 0 bridgehead atoms. The molecular formula is C20H18F3IN2O2. The second-order valence-corrected chi connectivity index (χ2v) is 8.07. The Morgan fingerprint density at radius 1 is 1.11 bits per heavy atom. The van der Waals surface area contributed by atoms with E-state index in [0.29, 0.717) is 23.1 Å². The number of carbonyl (C=O) groups excluding carboxylic acids is 2. The van der Waals surface area contributed by atoms with Crippen molar-refractivity contribution < 1.29 is 22.8 Å². The number of hydrogen-bond donors (Lipinski definition) is 1. The van der Waals surface area contributed by atoms with Crippen molar-refractivity contribution in [1.29, 1.82) is 0 Å². The van der Waals surface area contributed by atoms with E-state index in [1.165, 1.54) is 23.1 Å². The van der Waals surface area contributed by atoms with Crippen LogP contribution in [-0.4, -0.2) is 36.2 Å². The SMILES string of the molecule is NCC(=O)CC1CN(C(=O)c2ccc(F)c(F)c2Cc2ccc(I)cc2F)C1. The van der Waals surface area contributed by atoms with E-state index in [9.17, 15) is 22.8 Å². The van der Waals surface area contributed by atoms with E-state index in [-0.39, 0.29) is 41.4 Å². The molecule has 0 aliphatic carbocycles. The predicted octanol–water partition coefficient (Wildman–Crippen LogP) is 3.29. The fourth-order valence-electron chi connectivity index (χ4n) is 3.26. The molecule has 0 atom stereocenters. The van der Waals surface area contributed by atoms with Crippen LogP contribution in [0.15, 0.2) is 30.3 Å². The number of ketones is 1. The summed E-state index contributed by atoms with van der Waals surface area (Å²) in [5.74, 6) is -3.32. The zero-order valence-corrected chi connectivity index (χ0v) is 17.0. The molecule has 0 radical (unpaired) electrons. The molecule has 2 aromatic carbocycles. The number of Topliss-reactive ketones (excluding diaryl/α,β-unsaturated/α-hetero) is 1. The zero-order valence-electron chi connectivity index (χ0n) is 14.9. The normalized spacial score (nSPS) is 14.1. The quantitative estimate of drug-likeness (QED) is 0.617. The number of likely N-dealkylation sites (tertiary alicyclic amines) is 1. The standard InChI is InChI=1S/C20H18F3IN2O2/c21-17-4-3-15(20(28)26-9-11(10-26)5-14(27)8-25)16(19(17)23)6-12-1-2-13(24)7-18(12)22/h1-4,7,11H,5-6,8-10,25H2. The highest BCUT2D eigenvalue weighted by Crippen LogP contribution is 2.27. The van der Waals surface area contributed by atoms with Crippen molar-refractivity contribution in [1.82, 2.24) is 4.90 Å². The molecular weight excluding hydrogens is 484 g/mol. The van der Waals surface area contributed by atoms with Gasteiger partial charge < -0.3 is 10.6 Å². The molecule has 3 rings (SSSR count). The van der Waals surface area contributed by atoms with Crippen molar-refractivity contribution in [3.8, 4) is 0 Å². The number of hydrogen-bond acceptors (Lipinski definition) is 3. The molecule has 1 fully saturated rings. The number of nitrogens with two attached hydrogens (primary N) is 1. The molecule has 0 aromatic heterocycles. The molecule has 0 unspecified atom stereocenters. The van der Waals surface area contributed by atoms with Gasteiger partial charge in [-0.15, -0.1) is 0 Å². The molecule has 0 saturated carbocycles. The van der Waals surface area contributed by atoms with Crippen molar-refractivity contribution >= 4 is 34.3 Å². The molecule has 1 aliphatic rings. The molecule has 148 valence electrons. The van der Waals surface area contributed by atoms with Crippen LogP contribution in [0.4, 0.5) is 13.2 Å². The second-order valence-electron chi connectivity index (χ2n) is 6.82. The summed E-state index contributed by atoms with van der Waals surface area (Å²) in [5, 5.41) is 0. The highest BCUT2D eigenvalue weighted by atomic mass is 127. The van der Waals surface area contributed by atoms with Crippen LogP contribution in [0.1, 0.15) is 27.9 Å². The summed E-state index contributed by atoms with van der Waals surface area (Å²) in [6, 6.07) is 6.56. The Morgan fingerprint density at radius 2 is 1.82 bits per heavy atom. The first-order valence-electron chi connectivity index (χ1n) is 8.72. The Balaban J connectivity index is 1.83. The molecule has 28 heavy (non-hydrogen) atoms. The van der Waals surface area contributed by atoms with E-state index in [1.807, 2.05) is 22.6 Å². The number of rotatable bonds is 6. The predicted molar refractivity (Wildman–Crippen MR) is 106 cm³/mol. The van der Waals surface area contributed by atoms with Crippen molar-refractivity contribution in [3.05, 3.63) is 68.0 Å². The van der Waals surface area contributed by atoms with E-state index >= 15 is 0 Å². The molecule has 4 nitrogen and oxygen atoms in total. The Bertz CT molecular complexity index is 930. The van der Waals surface area contributed by atoms with Gasteiger partial charge in [0.1, 0.15) is 11.6 Å². The van der Waals surface area contributed by atoms with Crippen LogP contribution in [0.25, 0.3) is 0 Å². The average Bonchev–Trinajstić information content (AvgIpc) is 2.63. The maximum Gasteiger partial charge on any atom is 0.254 e. The van der Waals surface area contributed by atoms with Crippen molar-refractivity contribution in [2.45, 2.75) is 12.8 Å². The van der Waals surface area contributed by atoms with Gasteiger partial charge in [0.2, 0.25) is 0 Å². The summed E-state index contributed by atoms with van der Waals surface area (Å²) in [7, 11) is 0. The van der Waals surface area contributed by atoms with Crippen LogP contribution in [0.3, 0.4) is 0 Å². The maximum atomic E-state index is 14.5. The first-order chi connectivity index (χ1) is 13.3. The van der Waals surface area contributed by atoms with Crippen LogP contribution in [0, 0.1) is 26.9 Å². The molecule has 1 heterocycles. The van der Waals surface area contributed by atoms with E-state index in [1.54, 1.807) is 6.07 Å². The van der Waals surface area contributed by atoms with E-state index in [2.05, 4.69) is 0 Å². The fourth-order valence-corrected chi connectivity index (χ4v) is 3.71. The minimum atomic E-state index is -1.15. The van der Waals surface area contributed by atoms with Gasteiger partial charge in [-0.3, -0.25) is 9.59 Å². The van der Waals surface area contributed by atoms with Crippen LogP contribution >= 0.6 is 22.6 Å². The lowest BCUT2D eigenvalue weighted by Crippen LogP contribution is -2.51. The average molecular weight is 502 g/mol. The van der Waals surface area contributed by atoms with Gasteiger partial charge in [0.15, 0.2) is 11.6 Å². The number of carbonyl (C=O) groups is 2. The van der Waals surface area contributed by atoms with Crippen LogP contribution in [0.5, 0.6) is 0 Å². The summed E-state index contributed by atoms with van der Waals surface area (Å²) in [5.41, 5.74) is 5.29. The lowest BCUT2D eigenvalue weighted by molar-refractivity contribution is -0.119. The Morgan fingerprint density at radius 3 is 2.46 bits per heavy atom. The molecule has 1 amide bonds. The molecule has 1 saturated heterocycles. The molecule has 1 aliphatic heterocycles. The number of benzene rings is 2. The van der Waals surface area contributed by atoms with E-state index in [0.717, 1.165) is 6.07 Å². The lowest BCUT2D eigenvalue weighted by Gasteiger charge is -2.39. The van der Waals surface area contributed by atoms with Crippen molar-refractivity contribution in [2.75, 3.05) is 19.6 Å². The topological polar surface area (TPSA) is 63.4 Å². The third-order valence-electron chi connectivity index (χ3n) is 4.80. The summed E-state index contributed by atoms with van der Waals surface area (Å²) in [6.45, 7) is 0.654. The minimum Gasteiger partial charge on any atom is -0.338 e. The van der Waals surface area contributed by atoms with Crippen molar-refractivity contribution in [3.63, 3.8) is 0 Å². The highest BCUT2D eigenvalue weighted by Gasteiger charge is 2.34. The maximum absolute atomic E-state index is 14.5. The number of halogens is 4. The van der Waals surface area contributed by atoms with Gasteiger partial charge in [0.25, 0.3) is 5.91 Å². The van der Waals surface area contributed by atoms with Gasteiger partial charge in [-0.25, -0.2) is 13.2 Å². The Hall–Kier alpha value is -1.94. The first kappa shape index (κ1) is 20.8. The first-order valence-corrected chi connectivity index (χ1v) is 9.79. The van der Waals surface area contributed by atoms with Gasteiger partial charge in [0.05, 0.1) is 6.54 Å². The summed E-state index contributed by atoms with van der Waals surface area (Å²) < 4.78 is 43.1. The zero-order chi connectivity index (χ0) is 20.4. The third kappa shape index (κ3) is 4.38. The molecule has 2 aromatic rings. The Kier molecular flexibility index (Phi) is 6.39. The van der Waals surface area contributed by atoms with Gasteiger partial charge >= 0.3 is 0 Å². The molecule has 8 heteroatoms. The third-order valence-corrected chi connectivity index (χ3v) is 5.47. The highest BCUT2D eigenvalue weighted by molar-refractivity contribution is 14.1. The number of nitrogens with zero attached hydrogens (tertiary/aromatic N) is 1. The van der Waals surface area contributed by atoms with Gasteiger partial charge in [-0.1, -0.05) is 6.07 Å². The minimum absolute atomic E-state index is 0.000418. The van der Waals surface area contributed by atoms with E-state index in [4.69, 9.17) is 5.73 Å².